The zero-order valence-corrected chi connectivity index (χ0v) is 16.3. The van der Waals surface area contributed by atoms with E-state index in [0.29, 0.717) is 32.1 Å². The molecule has 138 valence electrons. The van der Waals surface area contributed by atoms with Gasteiger partial charge in [0, 0.05) is 10.7 Å². The number of nitrogens with one attached hydrogen (secondary N) is 1. The zero-order valence-electron chi connectivity index (χ0n) is 13.9. The molecule has 0 aliphatic carbocycles. The van der Waals surface area contributed by atoms with E-state index in [1.54, 1.807) is 42.5 Å². The van der Waals surface area contributed by atoms with Crippen LogP contribution in [0.3, 0.4) is 0 Å². The molecule has 1 amide bonds. The summed E-state index contributed by atoms with van der Waals surface area (Å²) in [6.45, 7) is 0. The molecule has 0 bridgehead atoms. The van der Waals surface area contributed by atoms with Crippen molar-refractivity contribution >= 4 is 57.2 Å². The molecule has 27 heavy (non-hydrogen) atoms. The van der Waals surface area contributed by atoms with E-state index < -0.39 is 5.91 Å². The summed E-state index contributed by atoms with van der Waals surface area (Å²) in [5.41, 5.74) is 1.25. The number of anilines is 1. The van der Waals surface area contributed by atoms with Crippen LogP contribution >= 0.6 is 34.5 Å². The Morgan fingerprint density at radius 1 is 1.19 bits per heavy atom. The third-order valence-corrected chi connectivity index (χ3v) is 5.03. The maximum absolute atomic E-state index is 12.3. The zero-order chi connectivity index (χ0) is 19.4. The summed E-state index contributed by atoms with van der Waals surface area (Å²) >= 11 is 13.1. The van der Waals surface area contributed by atoms with Crippen LogP contribution in [-0.2, 0) is 0 Å². The molecule has 0 unspecified atom stereocenters. The average Bonchev–Trinajstić information content (AvgIpc) is 3.14. The third-order valence-electron chi connectivity index (χ3n) is 3.42. The normalized spacial score (nSPS) is 11.3. The third kappa shape index (κ3) is 4.77. The number of nitrogens with zero attached hydrogens (tertiary/aromatic N) is 2. The molecule has 3 rings (SSSR count). The quantitative estimate of drug-likeness (QED) is 0.611. The first-order valence-corrected chi connectivity index (χ1v) is 9.18. The van der Waals surface area contributed by atoms with Crippen LogP contribution in [0.2, 0.25) is 5.02 Å². The standard InChI is InChI=1S/C18H13Cl2N3O3S/c1-26-15-7-2-10(9-14(15)24)8-13(20)17-22-23-18(27-17)16(25)21-12-5-3-11(19)4-6-12/h2-9,24H,1H3,(H,21,25)/b13-8-. The Morgan fingerprint density at radius 2 is 1.89 bits per heavy atom. The molecule has 0 aliphatic rings. The molecule has 0 radical (unpaired) electrons. The fourth-order valence-electron chi connectivity index (χ4n) is 2.13. The Labute approximate surface area is 169 Å². The van der Waals surface area contributed by atoms with E-state index in [1.807, 2.05) is 0 Å². The van der Waals surface area contributed by atoms with Gasteiger partial charge in [0.2, 0.25) is 5.01 Å². The van der Waals surface area contributed by atoms with Gasteiger partial charge in [-0.05, 0) is 48.0 Å². The molecule has 0 spiro atoms. The fourth-order valence-corrected chi connectivity index (χ4v) is 3.19. The molecule has 6 nitrogen and oxygen atoms in total. The lowest BCUT2D eigenvalue weighted by atomic mass is 10.2. The number of hydrogen-bond acceptors (Lipinski definition) is 6. The van der Waals surface area contributed by atoms with Gasteiger partial charge in [0.1, 0.15) is 0 Å². The lowest BCUT2D eigenvalue weighted by Gasteiger charge is -2.03. The maximum atomic E-state index is 12.3. The number of rotatable bonds is 5. The first-order chi connectivity index (χ1) is 13.0. The second-order valence-corrected chi connectivity index (χ2v) is 7.12. The summed E-state index contributed by atoms with van der Waals surface area (Å²) in [6, 6.07) is 11.6. The van der Waals surface area contributed by atoms with E-state index in [9.17, 15) is 9.90 Å². The maximum Gasteiger partial charge on any atom is 0.286 e. The molecular weight excluding hydrogens is 409 g/mol. The van der Waals surface area contributed by atoms with Gasteiger partial charge in [-0.3, -0.25) is 4.79 Å². The molecule has 2 N–H and O–H groups in total. The van der Waals surface area contributed by atoms with Crippen molar-refractivity contribution in [3.8, 4) is 11.5 Å². The van der Waals surface area contributed by atoms with Crippen LogP contribution in [0.15, 0.2) is 42.5 Å². The smallest absolute Gasteiger partial charge is 0.286 e. The molecule has 0 aliphatic heterocycles. The van der Waals surface area contributed by atoms with Crippen molar-refractivity contribution in [3.05, 3.63) is 63.1 Å². The van der Waals surface area contributed by atoms with Crippen LogP contribution in [0.25, 0.3) is 11.1 Å². The minimum absolute atomic E-state index is 0.00369. The van der Waals surface area contributed by atoms with Gasteiger partial charge >= 0.3 is 0 Å². The van der Waals surface area contributed by atoms with Gasteiger partial charge in [-0.1, -0.05) is 40.6 Å². The Bertz CT molecular complexity index is 1000. The van der Waals surface area contributed by atoms with E-state index in [0.717, 1.165) is 11.3 Å². The summed E-state index contributed by atoms with van der Waals surface area (Å²) in [4.78, 5) is 12.3. The highest BCUT2D eigenvalue weighted by Gasteiger charge is 2.15. The highest BCUT2D eigenvalue weighted by Crippen LogP contribution is 2.30. The first-order valence-electron chi connectivity index (χ1n) is 7.61. The number of carbonyl (C=O) groups excluding carboxylic acids is 1. The topological polar surface area (TPSA) is 84.3 Å². The van der Waals surface area contributed by atoms with Crippen LogP contribution in [0.4, 0.5) is 5.69 Å². The number of ether oxygens (including phenoxy) is 1. The number of aromatic hydroxyl groups is 1. The summed E-state index contributed by atoms with van der Waals surface area (Å²) in [5, 5.41) is 21.8. The van der Waals surface area contributed by atoms with Crippen LogP contribution < -0.4 is 10.1 Å². The first kappa shape index (κ1) is 19.2. The molecule has 2 aromatic carbocycles. The van der Waals surface area contributed by atoms with Crippen LogP contribution in [0.5, 0.6) is 11.5 Å². The number of halogens is 2. The molecule has 3 aromatic rings. The molecule has 0 atom stereocenters. The summed E-state index contributed by atoms with van der Waals surface area (Å²) in [5.74, 6) is -0.0380. The molecule has 1 aromatic heterocycles. The Morgan fingerprint density at radius 3 is 2.56 bits per heavy atom. The van der Waals surface area contributed by atoms with Crippen molar-refractivity contribution in [1.29, 1.82) is 0 Å². The van der Waals surface area contributed by atoms with E-state index in [1.165, 1.54) is 13.2 Å². The monoisotopic (exact) mass is 421 g/mol. The number of benzene rings is 2. The molecule has 0 fully saturated rings. The van der Waals surface area contributed by atoms with Gasteiger partial charge in [-0.25, -0.2) is 0 Å². The number of methoxy groups -OCH3 is 1. The minimum atomic E-state index is -0.396. The van der Waals surface area contributed by atoms with Crippen molar-refractivity contribution in [2.24, 2.45) is 0 Å². The Kier molecular flexibility index (Phi) is 5.95. The number of phenols is 1. The van der Waals surface area contributed by atoms with Gasteiger partial charge in [0.25, 0.3) is 5.91 Å². The Hall–Kier alpha value is -2.61. The largest absolute Gasteiger partial charge is 0.504 e. The van der Waals surface area contributed by atoms with Crippen molar-refractivity contribution in [3.63, 3.8) is 0 Å². The van der Waals surface area contributed by atoms with Crippen molar-refractivity contribution in [2.45, 2.75) is 0 Å². The van der Waals surface area contributed by atoms with Crippen molar-refractivity contribution in [2.75, 3.05) is 12.4 Å². The summed E-state index contributed by atoms with van der Waals surface area (Å²) in [7, 11) is 1.47. The minimum Gasteiger partial charge on any atom is -0.504 e. The SMILES string of the molecule is COc1ccc(/C=C(\Cl)c2nnc(C(=O)Nc3ccc(Cl)cc3)s2)cc1O. The number of amides is 1. The van der Waals surface area contributed by atoms with E-state index >= 15 is 0 Å². The second kappa shape index (κ2) is 8.39. The highest BCUT2D eigenvalue weighted by atomic mass is 35.5. The van der Waals surface area contributed by atoms with Gasteiger partial charge in [0.05, 0.1) is 12.1 Å². The van der Waals surface area contributed by atoms with Crippen LogP contribution in [0.1, 0.15) is 20.4 Å². The number of phenolic OH excluding ortho intramolecular Hbond substituents is 1. The van der Waals surface area contributed by atoms with Gasteiger partial charge in [-0.15, -0.1) is 10.2 Å². The van der Waals surface area contributed by atoms with Gasteiger partial charge in [-0.2, -0.15) is 0 Å². The molecule has 0 saturated heterocycles. The average molecular weight is 422 g/mol. The predicted molar refractivity (Wildman–Crippen MR) is 108 cm³/mol. The number of carbonyl (C=O) groups is 1. The van der Waals surface area contributed by atoms with E-state index in [4.69, 9.17) is 27.9 Å². The highest BCUT2D eigenvalue weighted by molar-refractivity contribution is 7.15. The lowest BCUT2D eigenvalue weighted by Crippen LogP contribution is -2.11. The molecule has 1 heterocycles. The van der Waals surface area contributed by atoms with E-state index in [-0.39, 0.29) is 10.8 Å². The van der Waals surface area contributed by atoms with Crippen LogP contribution in [0, 0.1) is 0 Å². The van der Waals surface area contributed by atoms with Crippen LogP contribution in [-0.4, -0.2) is 28.3 Å². The van der Waals surface area contributed by atoms with Gasteiger partial charge < -0.3 is 15.2 Å². The molecule has 0 saturated carbocycles. The molecular formula is C18H13Cl2N3O3S. The van der Waals surface area contributed by atoms with E-state index in [2.05, 4.69) is 15.5 Å². The summed E-state index contributed by atoms with van der Waals surface area (Å²) in [6.07, 6.45) is 1.61. The van der Waals surface area contributed by atoms with Crippen molar-refractivity contribution < 1.29 is 14.6 Å². The fraction of sp³-hybridized carbons (Fsp3) is 0.0556. The Balaban J connectivity index is 1.75. The second-order valence-electron chi connectivity index (χ2n) is 5.30. The number of hydrogen-bond donors (Lipinski definition) is 2. The lowest BCUT2D eigenvalue weighted by molar-refractivity contribution is 0.102. The summed E-state index contributed by atoms with van der Waals surface area (Å²) < 4.78 is 5.00. The predicted octanol–water partition coefficient (Wildman–Crippen LogP) is 4.89. The number of aromatic nitrogens is 2. The van der Waals surface area contributed by atoms with Gasteiger partial charge in [0.15, 0.2) is 16.5 Å². The van der Waals surface area contributed by atoms with Crippen molar-refractivity contribution in [1.82, 2.24) is 10.2 Å². The molecule has 9 heteroatoms.